The maximum Gasteiger partial charge on any atom is 0.411 e. The van der Waals surface area contributed by atoms with Crippen molar-refractivity contribution >= 4 is 0 Å². The van der Waals surface area contributed by atoms with Crippen LogP contribution in [0, 0.1) is 0 Å². The molecule has 1 rings (SSSR count). The first-order valence-corrected chi connectivity index (χ1v) is 4.66. The molecule has 90 valence electrons. The summed E-state index contributed by atoms with van der Waals surface area (Å²) in [6.45, 7) is -1.33. The van der Waals surface area contributed by atoms with Crippen LogP contribution in [-0.4, -0.2) is 29.4 Å². The lowest BCUT2D eigenvalue weighted by Gasteiger charge is -2.11. The summed E-state index contributed by atoms with van der Waals surface area (Å²) < 4.78 is 39.6. The first-order chi connectivity index (χ1) is 7.49. The van der Waals surface area contributed by atoms with E-state index in [1.54, 1.807) is 6.07 Å². The van der Waals surface area contributed by atoms with E-state index >= 15 is 0 Å². The molecule has 0 saturated carbocycles. The lowest BCUT2D eigenvalue weighted by Crippen LogP contribution is -2.20. The monoisotopic (exact) mass is 235 g/mol. The minimum atomic E-state index is -4.30. The van der Waals surface area contributed by atoms with Gasteiger partial charge in [-0.25, -0.2) is 9.97 Å². The predicted octanol–water partition coefficient (Wildman–Crippen LogP) is 1.45. The first kappa shape index (κ1) is 12.9. The van der Waals surface area contributed by atoms with E-state index in [2.05, 4.69) is 14.7 Å². The van der Waals surface area contributed by atoms with Crippen LogP contribution in [0.15, 0.2) is 18.5 Å². The minimum Gasteiger partial charge on any atom is -0.372 e. The number of aromatic nitrogens is 2. The van der Waals surface area contributed by atoms with Crippen LogP contribution >= 0.6 is 0 Å². The maximum atomic E-state index is 11.7. The molecule has 4 nitrogen and oxygen atoms in total. The van der Waals surface area contributed by atoms with Crippen LogP contribution in [0.25, 0.3) is 0 Å². The molecule has 0 aliphatic rings. The lowest BCUT2D eigenvalue weighted by atomic mass is 10.2. The molecule has 1 heterocycles. The van der Waals surface area contributed by atoms with Gasteiger partial charge in [-0.2, -0.15) is 13.2 Å². The fourth-order valence-corrected chi connectivity index (χ4v) is 1.03. The third kappa shape index (κ3) is 5.04. The van der Waals surface area contributed by atoms with E-state index in [1.165, 1.54) is 12.4 Å². The molecule has 0 aliphatic heterocycles. The molecule has 0 aromatic carbocycles. The van der Waals surface area contributed by atoms with Gasteiger partial charge < -0.3 is 10.5 Å². The van der Waals surface area contributed by atoms with Crippen molar-refractivity contribution in [3.63, 3.8) is 0 Å². The predicted molar refractivity (Wildman–Crippen MR) is 50.5 cm³/mol. The van der Waals surface area contributed by atoms with Crippen molar-refractivity contribution in [2.75, 3.05) is 13.2 Å². The Labute approximate surface area is 90.6 Å². The van der Waals surface area contributed by atoms with Crippen molar-refractivity contribution in [3.8, 4) is 0 Å². The SMILES string of the molecule is NC(CCOCC(F)(F)F)c1ncccn1. The highest BCUT2D eigenvalue weighted by Crippen LogP contribution is 2.15. The molecular formula is C9H12F3N3O. The summed E-state index contributed by atoms with van der Waals surface area (Å²) >= 11 is 0. The molecule has 1 unspecified atom stereocenters. The van der Waals surface area contributed by atoms with Crippen LogP contribution in [0.5, 0.6) is 0 Å². The van der Waals surface area contributed by atoms with Gasteiger partial charge in [0, 0.05) is 19.0 Å². The number of hydrogen-bond acceptors (Lipinski definition) is 4. The Hall–Kier alpha value is -1.21. The van der Waals surface area contributed by atoms with Gasteiger partial charge in [0.1, 0.15) is 12.4 Å². The molecule has 0 aliphatic carbocycles. The number of nitrogens with two attached hydrogens (primary N) is 1. The van der Waals surface area contributed by atoms with Gasteiger partial charge in [-0.15, -0.1) is 0 Å². The van der Waals surface area contributed by atoms with E-state index in [0.29, 0.717) is 5.82 Å². The topological polar surface area (TPSA) is 61.0 Å². The van der Waals surface area contributed by atoms with E-state index in [9.17, 15) is 13.2 Å². The van der Waals surface area contributed by atoms with Crippen LogP contribution in [0.4, 0.5) is 13.2 Å². The summed E-state index contributed by atoms with van der Waals surface area (Å²) in [6.07, 6.45) is -0.995. The molecule has 0 spiro atoms. The molecule has 1 aromatic heterocycles. The zero-order chi connectivity index (χ0) is 12.0. The fraction of sp³-hybridized carbons (Fsp3) is 0.556. The van der Waals surface area contributed by atoms with Crippen molar-refractivity contribution in [2.24, 2.45) is 5.73 Å². The van der Waals surface area contributed by atoms with Gasteiger partial charge in [-0.3, -0.25) is 0 Å². The standard InChI is InChI=1S/C9H12F3N3O/c10-9(11,12)6-16-5-2-7(13)8-14-3-1-4-15-8/h1,3-4,7H,2,5-6,13H2. The van der Waals surface area contributed by atoms with Crippen molar-refractivity contribution in [3.05, 3.63) is 24.3 Å². The van der Waals surface area contributed by atoms with Crippen LogP contribution in [0.2, 0.25) is 0 Å². The summed E-state index contributed by atoms with van der Waals surface area (Å²) in [6, 6.07) is 1.13. The third-order valence-electron chi connectivity index (χ3n) is 1.76. The van der Waals surface area contributed by atoms with Crippen molar-refractivity contribution in [1.29, 1.82) is 0 Å². The number of alkyl halides is 3. The third-order valence-corrected chi connectivity index (χ3v) is 1.76. The van der Waals surface area contributed by atoms with Crippen molar-refractivity contribution in [2.45, 2.75) is 18.6 Å². The molecule has 1 atom stereocenters. The van der Waals surface area contributed by atoms with Gasteiger partial charge in [0.25, 0.3) is 0 Å². The fourth-order valence-electron chi connectivity index (χ4n) is 1.03. The number of hydrogen-bond donors (Lipinski definition) is 1. The van der Waals surface area contributed by atoms with E-state index in [0.717, 1.165) is 0 Å². The Balaban J connectivity index is 2.24. The molecule has 0 amide bonds. The number of nitrogens with zero attached hydrogens (tertiary/aromatic N) is 2. The molecule has 2 N–H and O–H groups in total. The van der Waals surface area contributed by atoms with E-state index in [-0.39, 0.29) is 13.0 Å². The Morgan fingerprint density at radius 1 is 1.31 bits per heavy atom. The smallest absolute Gasteiger partial charge is 0.372 e. The summed E-state index contributed by atoms with van der Waals surface area (Å²) in [5, 5.41) is 0. The van der Waals surface area contributed by atoms with Gasteiger partial charge in [0.15, 0.2) is 0 Å². The highest BCUT2D eigenvalue weighted by Gasteiger charge is 2.27. The normalized spacial score (nSPS) is 13.8. The molecule has 0 saturated heterocycles. The second kappa shape index (κ2) is 5.76. The second-order valence-electron chi connectivity index (χ2n) is 3.17. The maximum absolute atomic E-state index is 11.7. The lowest BCUT2D eigenvalue weighted by molar-refractivity contribution is -0.174. The zero-order valence-corrected chi connectivity index (χ0v) is 8.44. The molecule has 16 heavy (non-hydrogen) atoms. The average molecular weight is 235 g/mol. The quantitative estimate of drug-likeness (QED) is 0.784. The van der Waals surface area contributed by atoms with Gasteiger partial charge in [0.2, 0.25) is 0 Å². The van der Waals surface area contributed by atoms with Crippen molar-refractivity contribution in [1.82, 2.24) is 9.97 Å². The van der Waals surface area contributed by atoms with Crippen LogP contribution in [-0.2, 0) is 4.74 Å². The van der Waals surface area contributed by atoms with E-state index in [1.807, 2.05) is 0 Å². The summed E-state index contributed by atoms with van der Waals surface area (Å²) in [5.41, 5.74) is 5.66. The molecule has 7 heteroatoms. The van der Waals surface area contributed by atoms with Crippen LogP contribution in [0.3, 0.4) is 0 Å². The number of rotatable bonds is 5. The summed E-state index contributed by atoms with van der Waals surface area (Å²) in [5.74, 6) is 0.401. The Morgan fingerprint density at radius 2 is 1.94 bits per heavy atom. The summed E-state index contributed by atoms with van der Waals surface area (Å²) in [4.78, 5) is 7.78. The minimum absolute atomic E-state index is 0.0705. The summed E-state index contributed by atoms with van der Waals surface area (Å²) in [7, 11) is 0. The van der Waals surface area contributed by atoms with E-state index in [4.69, 9.17) is 5.73 Å². The van der Waals surface area contributed by atoms with Crippen LogP contribution in [0.1, 0.15) is 18.3 Å². The Kier molecular flexibility index (Phi) is 4.63. The Bertz CT molecular complexity index is 305. The first-order valence-electron chi connectivity index (χ1n) is 4.66. The van der Waals surface area contributed by atoms with Gasteiger partial charge in [-0.1, -0.05) is 0 Å². The molecule has 0 bridgehead atoms. The number of halogens is 3. The Morgan fingerprint density at radius 3 is 2.50 bits per heavy atom. The van der Waals surface area contributed by atoms with Gasteiger partial charge >= 0.3 is 6.18 Å². The second-order valence-corrected chi connectivity index (χ2v) is 3.17. The molecule has 1 aromatic rings. The van der Waals surface area contributed by atoms with Crippen molar-refractivity contribution < 1.29 is 17.9 Å². The van der Waals surface area contributed by atoms with E-state index < -0.39 is 18.8 Å². The van der Waals surface area contributed by atoms with Gasteiger partial charge in [0.05, 0.1) is 6.04 Å². The molecule has 0 radical (unpaired) electrons. The average Bonchev–Trinajstić information content (AvgIpc) is 2.24. The number of ether oxygens (including phenoxy) is 1. The largest absolute Gasteiger partial charge is 0.411 e. The molecular weight excluding hydrogens is 223 g/mol. The molecule has 0 fully saturated rings. The van der Waals surface area contributed by atoms with Crippen LogP contribution < -0.4 is 5.73 Å². The highest BCUT2D eigenvalue weighted by atomic mass is 19.4. The zero-order valence-electron chi connectivity index (χ0n) is 8.44. The highest BCUT2D eigenvalue weighted by molar-refractivity contribution is 4.94. The van der Waals surface area contributed by atoms with Gasteiger partial charge in [-0.05, 0) is 12.5 Å².